The minimum absolute atomic E-state index is 0.0228. The Balaban J connectivity index is 2.14. The van der Waals surface area contributed by atoms with Gasteiger partial charge < -0.3 is 14.7 Å². The highest BCUT2D eigenvalue weighted by atomic mass is 16.5. The largest absolute Gasteiger partial charge is 0.497 e. The summed E-state index contributed by atoms with van der Waals surface area (Å²) in [5, 5.41) is 9.90. The topological polar surface area (TPSA) is 49.8 Å². The number of rotatable bonds is 7. The normalized spacial score (nSPS) is 12.5. The highest BCUT2D eigenvalue weighted by molar-refractivity contribution is 5.94. The van der Waals surface area contributed by atoms with Crippen LogP contribution in [0.1, 0.15) is 54.7 Å². The molecule has 0 unspecified atom stereocenters. The summed E-state index contributed by atoms with van der Waals surface area (Å²) in [6.07, 6.45) is 1.39. The first kappa shape index (κ1) is 20.0. The molecule has 0 saturated carbocycles. The van der Waals surface area contributed by atoms with Gasteiger partial charge in [-0.15, -0.1) is 0 Å². The van der Waals surface area contributed by atoms with Gasteiger partial charge in [-0.1, -0.05) is 24.3 Å². The molecule has 0 bridgehead atoms. The van der Waals surface area contributed by atoms with Gasteiger partial charge in [-0.2, -0.15) is 0 Å². The SMILES string of the molecule is COc1cccc([C@@H](C)N(C)C(=O)c2cccc(CCC(C)(C)O)c2)c1. The number of nitrogens with zero attached hydrogens (tertiary/aromatic N) is 1. The molecule has 0 heterocycles. The Kier molecular flexibility index (Phi) is 6.43. The summed E-state index contributed by atoms with van der Waals surface area (Å²) in [5.41, 5.74) is 2.03. The van der Waals surface area contributed by atoms with Crippen LogP contribution >= 0.6 is 0 Å². The number of benzene rings is 2. The van der Waals surface area contributed by atoms with Gasteiger partial charge in [0.05, 0.1) is 18.8 Å². The minimum atomic E-state index is -0.711. The number of aliphatic hydroxyl groups is 1. The van der Waals surface area contributed by atoms with E-state index in [0.29, 0.717) is 12.0 Å². The summed E-state index contributed by atoms with van der Waals surface area (Å²) >= 11 is 0. The van der Waals surface area contributed by atoms with E-state index >= 15 is 0 Å². The van der Waals surface area contributed by atoms with Crippen LogP contribution in [0.2, 0.25) is 0 Å². The summed E-state index contributed by atoms with van der Waals surface area (Å²) in [7, 11) is 3.45. The van der Waals surface area contributed by atoms with E-state index in [2.05, 4.69) is 0 Å². The Bertz CT molecular complexity index is 749. The van der Waals surface area contributed by atoms with Crippen molar-refractivity contribution in [1.29, 1.82) is 0 Å². The van der Waals surface area contributed by atoms with E-state index in [-0.39, 0.29) is 11.9 Å². The lowest BCUT2D eigenvalue weighted by molar-refractivity contribution is 0.0714. The third-order valence-corrected chi connectivity index (χ3v) is 4.68. The maximum Gasteiger partial charge on any atom is 0.254 e. The van der Waals surface area contributed by atoms with Gasteiger partial charge in [0.1, 0.15) is 5.75 Å². The second kappa shape index (κ2) is 8.37. The van der Waals surface area contributed by atoms with Gasteiger partial charge >= 0.3 is 0 Å². The molecule has 0 aromatic heterocycles. The van der Waals surface area contributed by atoms with Crippen molar-refractivity contribution in [3.63, 3.8) is 0 Å². The molecule has 0 spiro atoms. The molecule has 0 saturated heterocycles. The minimum Gasteiger partial charge on any atom is -0.497 e. The molecule has 0 fully saturated rings. The molecule has 2 rings (SSSR count). The van der Waals surface area contributed by atoms with Crippen molar-refractivity contribution in [1.82, 2.24) is 4.90 Å². The fourth-order valence-corrected chi connectivity index (χ4v) is 2.81. The third kappa shape index (κ3) is 5.33. The molecule has 0 radical (unpaired) electrons. The smallest absolute Gasteiger partial charge is 0.254 e. The molecule has 0 aliphatic heterocycles. The summed E-state index contributed by atoms with van der Waals surface area (Å²) in [6, 6.07) is 15.4. The number of carbonyl (C=O) groups excluding carboxylic acids is 1. The molecule has 1 amide bonds. The highest BCUT2D eigenvalue weighted by Crippen LogP contribution is 2.24. The fraction of sp³-hybridized carbons (Fsp3) is 0.409. The highest BCUT2D eigenvalue weighted by Gasteiger charge is 2.20. The molecule has 2 aromatic rings. The van der Waals surface area contributed by atoms with Crippen molar-refractivity contribution in [3.05, 3.63) is 65.2 Å². The fourth-order valence-electron chi connectivity index (χ4n) is 2.81. The van der Waals surface area contributed by atoms with Crippen LogP contribution < -0.4 is 4.74 Å². The van der Waals surface area contributed by atoms with Crippen LogP contribution in [0.5, 0.6) is 5.75 Å². The monoisotopic (exact) mass is 355 g/mol. The Hall–Kier alpha value is -2.33. The van der Waals surface area contributed by atoms with Gasteiger partial charge in [0, 0.05) is 12.6 Å². The standard InChI is InChI=1S/C22H29NO3/c1-16(18-9-7-11-20(15-18)26-5)23(4)21(24)19-10-6-8-17(14-19)12-13-22(2,3)25/h6-11,14-16,25H,12-13H2,1-5H3/t16-/m1/s1. The molecule has 140 valence electrons. The molecule has 0 aliphatic carbocycles. The Morgan fingerprint density at radius 3 is 2.54 bits per heavy atom. The van der Waals surface area contributed by atoms with Crippen molar-refractivity contribution >= 4 is 5.91 Å². The Morgan fingerprint density at radius 1 is 1.19 bits per heavy atom. The molecule has 2 aromatic carbocycles. The maximum absolute atomic E-state index is 12.9. The molecule has 1 N–H and O–H groups in total. The second-order valence-electron chi connectivity index (χ2n) is 7.38. The Morgan fingerprint density at radius 2 is 1.88 bits per heavy atom. The van der Waals surface area contributed by atoms with Crippen LogP contribution in [-0.4, -0.2) is 35.7 Å². The van der Waals surface area contributed by atoms with Crippen LogP contribution in [-0.2, 0) is 6.42 Å². The predicted octanol–water partition coefficient (Wildman–Crippen LogP) is 4.23. The molecule has 4 nitrogen and oxygen atoms in total. The van der Waals surface area contributed by atoms with Gasteiger partial charge in [-0.25, -0.2) is 0 Å². The van der Waals surface area contributed by atoms with E-state index in [1.165, 1.54) is 0 Å². The van der Waals surface area contributed by atoms with Gasteiger partial charge in [-0.3, -0.25) is 4.79 Å². The average Bonchev–Trinajstić information content (AvgIpc) is 2.64. The van der Waals surface area contributed by atoms with Gasteiger partial charge in [-0.05, 0) is 69.0 Å². The number of methoxy groups -OCH3 is 1. The number of hydrogen-bond donors (Lipinski definition) is 1. The van der Waals surface area contributed by atoms with Crippen molar-refractivity contribution in [2.24, 2.45) is 0 Å². The van der Waals surface area contributed by atoms with Crippen molar-refractivity contribution in [3.8, 4) is 5.75 Å². The van der Waals surface area contributed by atoms with E-state index < -0.39 is 5.60 Å². The van der Waals surface area contributed by atoms with Crippen LogP contribution in [0, 0.1) is 0 Å². The summed E-state index contributed by atoms with van der Waals surface area (Å²) in [4.78, 5) is 14.7. The van der Waals surface area contributed by atoms with Gasteiger partial charge in [0.25, 0.3) is 5.91 Å². The quantitative estimate of drug-likeness (QED) is 0.808. The molecular formula is C22H29NO3. The predicted molar refractivity (Wildman–Crippen MR) is 105 cm³/mol. The molecule has 1 atom stereocenters. The zero-order valence-electron chi connectivity index (χ0n) is 16.3. The molecular weight excluding hydrogens is 326 g/mol. The number of carbonyl (C=O) groups is 1. The second-order valence-corrected chi connectivity index (χ2v) is 7.38. The van der Waals surface area contributed by atoms with Crippen LogP contribution in [0.25, 0.3) is 0 Å². The zero-order chi connectivity index (χ0) is 19.3. The van der Waals surface area contributed by atoms with Crippen molar-refractivity contribution in [2.75, 3.05) is 14.2 Å². The zero-order valence-corrected chi connectivity index (χ0v) is 16.3. The summed E-state index contributed by atoms with van der Waals surface area (Å²) in [5.74, 6) is 0.759. The first-order chi connectivity index (χ1) is 12.2. The van der Waals surface area contributed by atoms with E-state index in [4.69, 9.17) is 4.74 Å². The first-order valence-corrected chi connectivity index (χ1v) is 8.93. The van der Waals surface area contributed by atoms with E-state index in [1.54, 1.807) is 25.9 Å². The maximum atomic E-state index is 12.9. The number of ether oxygens (including phenoxy) is 1. The first-order valence-electron chi connectivity index (χ1n) is 8.93. The molecule has 26 heavy (non-hydrogen) atoms. The summed E-state index contributed by atoms with van der Waals surface area (Å²) in [6.45, 7) is 5.60. The lowest BCUT2D eigenvalue weighted by Crippen LogP contribution is -2.29. The van der Waals surface area contributed by atoms with E-state index in [0.717, 1.165) is 23.3 Å². The average molecular weight is 355 g/mol. The van der Waals surface area contributed by atoms with Crippen LogP contribution in [0.15, 0.2) is 48.5 Å². The lowest BCUT2D eigenvalue weighted by atomic mass is 9.97. The Labute approximate surface area is 156 Å². The van der Waals surface area contributed by atoms with Gasteiger partial charge in [0.15, 0.2) is 0 Å². The van der Waals surface area contributed by atoms with Gasteiger partial charge in [0.2, 0.25) is 0 Å². The van der Waals surface area contributed by atoms with Crippen molar-refractivity contribution < 1.29 is 14.6 Å². The van der Waals surface area contributed by atoms with Crippen LogP contribution in [0.4, 0.5) is 0 Å². The van der Waals surface area contributed by atoms with Crippen LogP contribution in [0.3, 0.4) is 0 Å². The van der Waals surface area contributed by atoms with E-state index in [9.17, 15) is 9.90 Å². The lowest BCUT2D eigenvalue weighted by Gasteiger charge is -2.26. The van der Waals surface area contributed by atoms with E-state index in [1.807, 2.05) is 62.5 Å². The van der Waals surface area contributed by atoms with Crippen molar-refractivity contribution in [2.45, 2.75) is 45.3 Å². The third-order valence-electron chi connectivity index (χ3n) is 4.68. The number of amides is 1. The molecule has 4 heteroatoms. The number of hydrogen-bond acceptors (Lipinski definition) is 3. The summed E-state index contributed by atoms with van der Waals surface area (Å²) < 4.78 is 5.28. The molecule has 0 aliphatic rings. The number of aryl methyl sites for hydroxylation is 1.